The lowest BCUT2D eigenvalue weighted by Crippen LogP contribution is -2.00. The highest BCUT2D eigenvalue weighted by Crippen LogP contribution is 2.27. The number of hydrogen-bond acceptors (Lipinski definition) is 4. The van der Waals surface area contributed by atoms with Crippen LogP contribution < -0.4 is 4.74 Å². The van der Waals surface area contributed by atoms with Gasteiger partial charge >= 0.3 is 5.97 Å². The Hall–Kier alpha value is -2.61. The van der Waals surface area contributed by atoms with Crippen LogP contribution >= 0.6 is 0 Å². The summed E-state index contributed by atoms with van der Waals surface area (Å²) in [6.45, 7) is 1.75. The summed E-state index contributed by atoms with van der Waals surface area (Å²) in [6, 6.07) is 6.64. The third-order valence-electron chi connectivity index (χ3n) is 2.65. The average molecular weight is 242 g/mol. The van der Waals surface area contributed by atoms with Gasteiger partial charge in [0.25, 0.3) is 0 Å². The highest BCUT2D eigenvalue weighted by molar-refractivity contribution is 5.96. The van der Waals surface area contributed by atoms with Crippen molar-refractivity contribution in [2.75, 3.05) is 7.11 Å². The molecule has 0 saturated carbocycles. The van der Waals surface area contributed by atoms with Crippen molar-refractivity contribution in [2.45, 2.75) is 6.92 Å². The van der Waals surface area contributed by atoms with Crippen LogP contribution in [-0.2, 0) is 0 Å². The van der Waals surface area contributed by atoms with Crippen molar-refractivity contribution in [1.82, 2.24) is 4.98 Å². The smallest absolute Gasteiger partial charge is 0.335 e. The fourth-order valence-electron chi connectivity index (χ4n) is 1.75. The number of carbonyl (C=O) groups is 1. The Bertz CT molecular complexity index is 687. The van der Waals surface area contributed by atoms with E-state index in [-0.39, 0.29) is 5.56 Å². The summed E-state index contributed by atoms with van der Waals surface area (Å²) < 4.78 is 5.12. The number of rotatable bonds is 2. The van der Waals surface area contributed by atoms with Gasteiger partial charge in [0, 0.05) is 5.39 Å². The Morgan fingerprint density at radius 2 is 2.17 bits per heavy atom. The zero-order valence-electron chi connectivity index (χ0n) is 9.89. The van der Waals surface area contributed by atoms with Gasteiger partial charge in [0.2, 0.25) is 0 Å². The number of fused-ring (bicyclic) bond motifs is 1. The molecule has 0 saturated heterocycles. The number of methoxy groups -OCH3 is 1. The van der Waals surface area contributed by atoms with Crippen LogP contribution in [0.5, 0.6) is 5.75 Å². The van der Waals surface area contributed by atoms with Crippen LogP contribution in [-0.4, -0.2) is 23.2 Å². The van der Waals surface area contributed by atoms with E-state index in [9.17, 15) is 4.79 Å². The number of nitriles is 1. The van der Waals surface area contributed by atoms with Crippen LogP contribution in [0.15, 0.2) is 18.2 Å². The highest BCUT2D eigenvalue weighted by Gasteiger charge is 2.12. The third-order valence-corrected chi connectivity index (χ3v) is 2.65. The number of nitrogens with zero attached hydrogens (tertiary/aromatic N) is 2. The zero-order valence-corrected chi connectivity index (χ0v) is 9.89. The Labute approximate surface area is 103 Å². The van der Waals surface area contributed by atoms with Gasteiger partial charge in [-0.05, 0) is 30.7 Å². The Balaban J connectivity index is 2.84. The molecule has 0 atom stereocenters. The van der Waals surface area contributed by atoms with E-state index >= 15 is 0 Å². The first-order chi connectivity index (χ1) is 8.56. The molecule has 1 N–H and O–H groups in total. The molecule has 1 aromatic heterocycles. The summed E-state index contributed by atoms with van der Waals surface area (Å²) in [5.41, 5.74) is 1.63. The minimum Gasteiger partial charge on any atom is -0.494 e. The molecule has 2 rings (SSSR count). The predicted molar refractivity (Wildman–Crippen MR) is 64.7 cm³/mol. The molecule has 2 aromatic rings. The van der Waals surface area contributed by atoms with Gasteiger partial charge in [-0.3, -0.25) is 0 Å². The van der Waals surface area contributed by atoms with Gasteiger partial charge < -0.3 is 9.84 Å². The van der Waals surface area contributed by atoms with Crippen LogP contribution in [0.3, 0.4) is 0 Å². The summed E-state index contributed by atoms with van der Waals surface area (Å²) in [4.78, 5) is 15.2. The quantitative estimate of drug-likeness (QED) is 0.872. The molecular weight excluding hydrogens is 232 g/mol. The first kappa shape index (κ1) is 11.9. The van der Waals surface area contributed by atoms with Gasteiger partial charge in [-0.2, -0.15) is 5.26 Å². The number of hydrogen-bond donors (Lipinski definition) is 1. The first-order valence-electron chi connectivity index (χ1n) is 5.19. The minimum atomic E-state index is -1.03. The summed E-state index contributed by atoms with van der Waals surface area (Å²) >= 11 is 0. The van der Waals surface area contributed by atoms with Gasteiger partial charge in [-0.15, -0.1) is 0 Å². The molecule has 0 bridgehead atoms. The van der Waals surface area contributed by atoms with Crippen molar-refractivity contribution in [3.05, 3.63) is 35.0 Å². The van der Waals surface area contributed by atoms with Gasteiger partial charge in [-0.1, -0.05) is 0 Å². The molecule has 0 radical (unpaired) electrons. The fourth-order valence-corrected chi connectivity index (χ4v) is 1.75. The molecule has 5 nitrogen and oxygen atoms in total. The molecule has 1 aromatic carbocycles. The first-order valence-corrected chi connectivity index (χ1v) is 5.19. The molecular formula is C13H10N2O3. The maximum Gasteiger partial charge on any atom is 0.335 e. The number of aromatic nitrogens is 1. The van der Waals surface area contributed by atoms with E-state index in [1.807, 2.05) is 6.07 Å². The van der Waals surface area contributed by atoms with E-state index in [2.05, 4.69) is 4.98 Å². The lowest BCUT2D eigenvalue weighted by atomic mass is 10.1. The molecule has 0 spiro atoms. The zero-order chi connectivity index (χ0) is 13.3. The molecule has 18 heavy (non-hydrogen) atoms. The topological polar surface area (TPSA) is 83.2 Å². The predicted octanol–water partition coefficient (Wildman–Crippen LogP) is 2.12. The van der Waals surface area contributed by atoms with E-state index < -0.39 is 5.97 Å². The molecule has 90 valence electrons. The summed E-state index contributed by atoms with van der Waals surface area (Å²) in [6.07, 6.45) is 0. The fraction of sp³-hybridized carbons (Fsp3) is 0.154. The number of aryl methyl sites for hydroxylation is 1. The van der Waals surface area contributed by atoms with Crippen LogP contribution in [0, 0.1) is 18.3 Å². The second kappa shape index (κ2) is 4.34. The van der Waals surface area contributed by atoms with E-state index in [4.69, 9.17) is 15.1 Å². The SMILES string of the molecule is COc1cc(C(=O)O)cc2cc(C)c(C#N)nc12. The van der Waals surface area contributed by atoms with Gasteiger partial charge in [0.1, 0.15) is 23.0 Å². The van der Waals surface area contributed by atoms with Crippen LogP contribution in [0.2, 0.25) is 0 Å². The monoisotopic (exact) mass is 242 g/mol. The minimum absolute atomic E-state index is 0.130. The van der Waals surface area contributed by atoms with Crippen LogP contribution in [0.4, 0.5) is 0 Å². The van der Waals surface area contributed by atoms with Gasteiger partial charge in [0.05, 0.1) is 12.7 Å². The molecule has 0 aliphatic heterocycles. The lowest BCUT2D eigenvalue weighted by Gasteiger charge is -2.08. The summed E-state index contributed by atoms with van der Waals surface area (Å²) in [5, 5.41) is 18.6. The van der Waals surface area contributed by atoms with Crippen molar-refractivity contribution in [3.63, 3.8) is 0 Å². The molecule has 0 aliphatic rings. The summed E-state index contributed by atoms with van der Waals surface area (Å²) in [5.74, 6) is -0.682. The number of ether oxygens (including phenoxy) is 1. The number of aromatic carboxylic acids is 1. The van der Waals surface area contributed by atoms with Crippen molar-refractivity contribution >= 4 is 16.9 Å². The normalized spacial score (nSPS) is 10.1. The largest absolute Gasteiger partial charge is 0.494 e. The maximum atomic E-state index is 11.0. The van der Waals surface area contributed by atoms with Crippen LogP contribution in [0.1, 0.15) is 21.6 Å². The number of pyridine rings is 1. The lowest BCUT2D eigenvalue weighted by molar-refractivity contribution is 0.0696. The number of carboxylic acid groups (broad SMARTS) is 1. The molecule has 5 heteroatoms. The number of benzene rings is 1. The van der Waals surface area contributed by atoms with Crippen LogP contribution in [0.25, 0.3) is 10.9 Å². The Morgan fingerprint density at radius 3 is 2.72 bits per heavy atom. The second-order valence-corrected chi connectivity index (χ2v) is 3.82. The third kappa shape index (κ3) is 1.84. The molecule has 1 heterocycles. The highest BCUT2D eigenvalue weighted by atomic mass is 16.5. The van der Waals surface area contributed by atoms with E-state index in [0.29, 0.717) is 27.9 Å². The van der Waals surface area contributed by atoms with E-state index in [1.165, 1.54) is 19.2 Å². The standard InChI is InChI=1S/C13H10N2O3/c1-7-3-8-4-9(13(16)17)5-11(18-2)12(8)15-10(7)6-14/h3-5H,1-2H3,(H,16,17). The van der Waals surface area contributed by atoms with Crippen molar-refractivity contribution in [3.8, 4) is 11.8 Å². The van der Waals surface area contributed by atoms with Crippen molar-refractivity contribution in [2.24, 2.45) is 0 Å². The molecule has 0 aliphatic carbocycles. The number of carboxylic acids is 1. The average Bonchev–Trinajstić information content (AvgIpc) is 2.36. The molecule has 0 fully saturated rings. The summed E-state index contributed by atoms with van der Waals surface area (Å²) in [7, 11) is 1.44. The second-order valence-electron chi connectivity index (χ2n) is 3.82. The maximum absolute atomic E-state index is 11.0. The molecule has 0 unspecified atom stereocenters. The Morgan fingerprint density at radius 1 is 1.44 bits per heavy atom. The Kier molecular flexibility index (Phi) is 2.86. The van der Waals surface area contributed by atoms with Crippen molar-refractivity contribution < 1.29 is 14.6 Å². The molecule has 0 amide bonds. The van der Waals surface area contributed by atoms with E-state index in [0.717, 1.165) is 0 Å². The van der Waals surface area contributed by atoms with Gasteiger partial charge in [0.15, 0.2) is 0 Å². The van der Waals surface area contributed by atoms with Gasteiger partial charge in [-0.25, -0.2) is 9.78 Å². The van der Waals surface area contributed by atoms with E-state index in [1.54, 1.807) is 13.0 Å². The van der Waals surface area contributed by atoms with Crippen molar-refractivity contribution in [1.29, 1.82) is 5.26 Å².